The zero-order valence-corrected chi connectivity index (χ0v) is 10.7. The van der Waals surface area contributed by atoms with E-state index in [1.807, 2.05) is 0 Å². The molecule has 0 atom stereocenters. The highest BCUT2D eigenvalue weighted by Gasteiger charge is 2.13. The lowest BCUT2D eigenvalue weighted by atomic mass is 10.2. The van der Waals surface area contributed by atoms with Gasteiger partial charge in [0.05, 0.1) is 16.3 Å². The van der Waals surface area contributed by atoms with Gasteiger partial charge in [-0.15, -0.1) is 0 Å². The summed E-state index contributed by atoms with van der Waals surface area (Å²) in [7, 11) is 0. The van der Waals surface area contributed by atoms with Gasteiger partial charge in [-0.05, 0) is 29.8 Å². The van der Waals surface area contributed by atoms with Crippen LogP contribution in [0.5, 0.6) is 0 Å². The fourth-order valence-corrected chi connectivity index (χ4v) is 1.76. The minimum atomic E-state index is -0.596. The van der Waals surface area contributed by atoms with Gasteiger partial charge < -0.3 is 10.5 Å². The van der Waals surface area contributed by atoms with E-state index in [-0.39, 0.29) is 23.0 Å². The minimum absolute atomic E-state index is 0.0261. The Labute approximate surface area is 114 Å². The topological polar surface area (TPSA) is 52.3 Å². The maximum Gasteiger partial charge on any atom is 0.340 e. The number of benzene rings is 2. The molecular weight excluding hydrogens is 269 g/mol. The summed E-state index contributed by atoms with van der Waals surface area (Å²) in [4.78, 5) is 11.8. The highest BCUT2D eigenvalue weighted by atomic mass is 35.5. The molecule has 2 aromatic carbocycles. The van der Waals surface area contributed by atoms with Crippen LogP contribution >= 0.6 is 11.6 Å². The first kappa shape index (κ1) is 13.4. The summed E-state index contributed by atoms with van der Waals surface area (Å²) >= 11 is 5.91. The quantitative estimate of drug-likeness (QED) is 0.692. The number of carbonyl (C=O) groups is 1. The SMILES string of the molecule is Nc1cccc(C(=O)OCc2cccc(F)c2)c1Cl. The lowest BCUT2D eigenvalue weighted by Crippen LogP contribution is -2.07. The molecule has 5 heteroatoms. The second kappa shape index (κ2) is 5.71. The van der Waals surface area contributed by atoms with E-state index in [9.17, 15) is 9.18 Å². The zero-order valence-electron chi connectivity index (χ0n) is 9.90. The Hall–Kier alpha value is -2.07. The fourth-order valence-electron chi connectivity index (χ4n) is 1.56. The third kappa shape index (κ3) is 3.23. The van der Waals surface area contributed by atoms with E-state index < -0.39 is 5.97 Å². The third-order valence-corrected chi connectivity index (χ3v) is 2.93. The molecule has 0 aliphatic rings. The first-order valence-electron chi connectivity index (χ1n) is 5.53. The van der Waals surface area contributed by atoms with Gasteiger partial charge in [0, 0.05) is 0 Å². The lowest BCUT2D eigenvalue weighted by molar-refractivity contribution is 0.0472. The first-order valence-corrected chi connectivity index (χ1v) is 5.91. The van der Waals surface area contributed by atoms with Crippen LogP contribution in [0.3, 0.4) is 0 Å². The van der Waals surface area contributed by atoms with Crippen LogP contribution in [0.1, 0.15) is 15.9 Å². The van der Waals surface area contributed by atoms with Crippen LogP contribution in [0.2, 0.25) is 5.02 Å². The van der Waals surface area contributed by atoms with Crippen LogP contribution in [0.25, 0.3) is 0 Å². The second-order valence-electron chi connectivity index (χ2n) is 3.91. The van der Waals surface area contributed by atoms with Crippen molar-refractivity contribution in [2.45, 2.75) is 6.61 Å². The number of hydrogen-bond acceptors (Lipinski definition) is 3. The number of hydrogen-bond donors (Lipinski definition) is 1. The van der Waals surface area contributed by atoms with Gasteiger partial charge in [-0.25, -0.2) is 9.18 Å². The maximum absolute atomic E-state index is 13.0. The molecule has 2 aromatic rings. The first-order chi connectivity index (χ1) is 9.08. The summed E-state index contributed by atoms with van der Waals surface area (Å²) in [5, 5.41) is 0.159. The van der Waals surface area contributed by atoms with Gasteiger partial charge >= 0.3 is 5.97 Å². The van der Waals surface area contributed by atoms with Gasteiger partial charge in [0.2, 0.25) is 0 Å². The molecule has 3 nitrogen and oxygen atoms in total. The molecular formula is C14H11ClFNO2. The normalized spacial score (nSPS) is 10.2. The van der Waals surface area contributed by atoms with Gasteiger partial charge in [-0.2, -0.15) is 0 Å². The van der Waals surface area contributed by atoms with Crippen LogP contribution in [0.4, 0.5) is 10.1 Å². The lowest BCUT2D eigenvalue weighted by Gasteiger charge is -2.07. The molecule has 0 aliphatic heterocycles. The van der Waals surface area contributed by atoms with Crippen molar-refractivity contribution in [3.05, 3.63) is 64.4 Å². The molecule has 0 spiro atoms. The van der Waals surface area contributed by atoms with Gasteiger partial charge in [0.15, 0.2) is 0 Å². The Morgan fingerprint density at radius 3 is 2.74 bits per heavy atom. The number of halogens is 2. The van der Waals surface area contributed by atoms with E-state index >= 15 is 0 Å². The van der Waals surface area contributed by atoms with Crippen LogP contribution in [-0.4, -0.2) is 5.97 Å². The van der Waals surface area contributed by atoms with Crippen molar-refractivity contribution in [1.82, 2.24) is 0 Å². The third-order valence-electron chi connectivity index (χ3n) is 2.51. The van der Waals surface area contributed by atoms with Gasteiger partial charge in [0.1, 0.15) is 12.4 Å². The summed E-state index contributed by atoms with van der Waals surface area (Å²) in [6.45, 7) is -0.0261. The molecule has 0 bridgehead atoms. The smallest absolute Gasteiger partial charge is 0.340 e. The predicted octanol–water partition coefficient (Wildman–Crippen LogP) is 3.42. The predicted molar refractivity (Wildman–Crippen MR) is 71.4 cm³/mol. The van der Waals surface area contributed by atoms with Crippen molar-refractivity contribution in [2.24, 2.45) is 0 Å². The molecule has 98 valence electrons. The number of ether oxygens (including phenoxy) is 1. The van der Waals surface area contributed by atoms with Crippen LogP contribution in [0, 0.1) is 5.82 Å². The Kier molecular flexibility index (Phi) is 4.02. The van der Waals surface area contributed by atoms with Crippen molar-refractivity contribution in [3.63, 3.8) is 0 Å². The average Bonchev–Trinajstić information content (AvgIpc) is 2.39. The highest BCUT2D eigenvalue weighted by molar-refractivity contribution is 6.36. The van der Waals surface area contributed by atoms with Crippen molar-refractivity contribution < 1.29 is 13.9 Å². The standard InChI is InChI=1S/C14H11ClFNO2/c15-13-11(5-2-6-12(13)17)14(18)19-8-9-3-1-4-10(16)7-9/h1-7H,8,17H2. The Balaban J connectivity index is 2.08. The molecule has 0 saturated carbocycles. The molecule has 0 radical (unpaired) electrons. The van der Waals surface area contributed by atoms with E-state index in [4.69, 9.17) is 22.1 Å². The number of anilines is 1. The number of nitrogens with two attached hydrogens (primary N) is 1. The van der Waals surface area contributed by atoms with Crippen LogP contribution in [0.15, 0.2) is 42.5 Å². The summed E-state index contributed by atoms with van der Waals surface area (Å²) in [5.74, 6) is -0.975. The summed E-state index contributed by atoms with van der Waals surface area (Å²) < 4.78 is 18.0. The minimum Gasteiger partial charge on any atom is -0.457 e. The molecule has 2 rings (SSSR count). The van der Waals surface area contributed by atoms with E-state index in [1.165, 1.54) is 18.2 Å². The number of carbonyl (C=O) groups excluding carboxylic acids is 1. The molecule has 0 heterocycles. The van der Waals surface area contributed by atoms with E-state index in [0.717, 1.165) is 0 Å². The fraction of sp³-hybridized carbons (Fsp3) is 0.0714. The molecule has 0 saturated heterocycles. The monoisotopic (exact) mass is 279 g/mol. The summed E-state index contributed by atoms with van der Waals surface area (Å²) in [6, 6.07) is 10.6. The van der Waals surface area contributed by atoms with Gasteiger partial charge in [-0.1, -0.05) is 29.8 Å². The summed E-state index contributed by atoms with van der Waals surface area (Å²) in [6.07, 6.45) is 0. The summed E-state index contributed by atoms with van der Waals surface area (Å²) in [5.41, 5.74) is 6.66. The Morgan fingerprint density at radius 1 is 1.26 bits per heavy atom. The van der Waals surface area contributed by atoms with Crippen molar-refractivity contribution in [3.8, 4) is 0 Å². The van der Waals surface area contributed by atoms with E-state index in [0.29, 0.717) is 11.3 Å². The van der Waals surface area contributed by atoms with Crippen molar-refractivity contribution in [1.29, 1.82) is 0 Å². The Bertz CT molecular complexity index is 616. The molecule has 0 unspecified atom stereocenters. The van der Waals surface area contributed by atoms with Gasteiger partial charge in [-0.3, -0.25) is 0 Å². The molecule has 19 heavy (non-hydrogen) atoms. The molecule has 0 aliphatic carbocycles. The average molecular weight is 280 g/mol. The van der Waals surface area contributed by atoms with Crippen molar-refractivity contribution >= 4 is 23.3 Å². The van der Waals surface area contributed by atoms with Crippen LogP contribution < -0.4 is 5.73 Å². The number of rotatable bonds is 3. The molecule has 0 amide bonds. The number of nitrogen functional groups attached to an aromatic ring is 1. The molecule has 0 aromatic heterocycles. The molecule has 2 N–H and O–H groups in total. The van der Waals surface area contributed by atoms with E-state index in [2.05, 4.69) is 0 Å². The zero-order chi connectivity index (χ0) is 13.8. The van der Waals surface area contributed by atoms with Crippen LogP contribution in [-0.2, 0) is 11.3 Å². The highest BCUT2D eigenvalue weighted by Crippen LogP contribution is 2.23. The maximum atomic E-state index is 13.0. The molecule has 0 fully saturated rings. The van der Waals surface area contributed by atoms with Crippen molar-refractivity contribution in [2.75, 3.05) is 5.73 Å². The van der Waals surface area contributed by atoms with Gasteiger partial charge in [0.25, 0.3) is 0 Å². The largest absolute Gasteiger partial charge is 0.457 e. The second-order valence-corrected chi connectivity index (χ2v) is 4.29. The number of esters is 1. The van der Waals surface area contributed by atoms with E-state index in [1.54, 1.807) is 24.3 Å². The Morgan fingerprint density at radius 2 is 2.00 bits per heavy atom.